The van der Waals surface area contributed by atoms with Gasteiger partial charge in [0.2, 0.25) is 5.13 Å². The molecule has 1 N–H and O–H groups in total. The minimum absolute atomic E-state index is 0.0330. The lowest BCUT2D eigenvalue weighted by atomic mass is 9.97. The Balaban J connectivity index is 1.35. The third kappa shape index (κ3) is 4.33. The van der Waals surface area contributed by atoms with Gasteiger partial charge in [-0.3, -0.25) is 24.5 Å². The predicted molar refractivity (Wildman–Crippen MR) is 147 cm³/mol. The van der Waals surface area contributed by atoms with E-state index in [-0.39, 0.29) is 16.5 Å². The Morgan fingerprint density at radius 1 is 0.921 bits per heavy atom. The number of Topliss-reactive ketones (excluding diaryl/α,β-unsaturated/α-hetero) is 1. The molecular weight excluding hydrogens is 518 g/mol. The first kappa shape index (κ1) is 24.0. The van der Waals surface area contributed by atoms with E-state index in [2.05, 4.69) is 44.4 Å². The molecule has 4 heterocycles. The van der Waals surface area contributed by atoms with Gasteiger partial charge in [-0.25, -0.2) is 0 Å². The molecule has 0 saturated carbocycles. The molecule has 186 valence electrons. The fraction of sp³-hybridized carbons (Fsp3) is 0.0714. The van der Waals surface area contributed by atoms with Crippen molar-refractivity contribution in [1.82, 2.24) is 20.2 Å². The quantitative estimate of drug-likeness (QED) is 0.101. The van der Waals surface area contributed by atoms with Crippen molar-refractivity contribution < 1.29 is 14.7 Å². The van der Waals surface area contributed by atoms with Crippen LogP contribution in [0.5, 0.6) is 0 Å². The average molecular weight is 538 g/mol. The summed E-state index contributed by atoms with van der Waals surface area (Å²) in [7, 11) is 0. The number of thioether (sulfide) groups is 1. The van der Waals surface area contributed by atoms with Crippen molar-refractivity contribution in [1.29, 1.82) is 0 Å². The van der Waals surface area contributed by atoms with Gasteiger partial charge in [0.05, 0.1) is 11.6 Å². The summed E-state index contributed by atoms with van der Waals surface area (Å²) in [6.45, 7) is 0. The van der Waals surface area contributed by atoms with Crippen molar-refractivity contribution >= 4 is 56.5 Å². The molecule has 1 unspecified atom stereocenters. The van der Waals surface area contributed by atoms with Crippen molar-refractivity contribution in [3.63, 3.8) is 0 Å². The Morgan fingerprint density at radius 3 is 2.55 bits per heavy atom. The van der Waals surface area contributed by atoms with E-state index in [1.54, 1.807) is 36.7 Å². The van der Waals surface area contributed by atoms with Gasteiger partial charge in [0.15, 0.2) is 4.34 Å². The van der Waals surface area contributed by atoms with Gasteiger partial charge < -0.3 is 5.11 Å². The summed E-state index contributed by atoms with van der Waals surface area (Å²) in [5.74, 6) is -1.19. The van der Waals surface area contributed by atoms with Crippen LogP contribution >= 0.6 is 23.1 Å². The van der Waals surface area contributed by atoms with Crippen molar-refractivity contribution in [3.8, 4) is 0 Å². The van der Waals surface area contributed by atoms with E-state index < -0.39 is 17.7 Å². The number of aliphatic hydroxyl groups excluding tert-OH is 1. The van der Waals surface area contributed by atoms with Crippen LogP contribution in [-0.2, 0) is 15.3 Å². The number of anilines is 1. The average Bonchev–Trinajstić information content (AvgIpc) is 3.54. The largest absolute Gasteiger partial charge is 0.507 e. The second-order valence-electron chi connectivity index (χ2n) is 8.47. The summed E-state index contributed by atoms with van der Waals surface area (Å²) in [6.07, 6.45) is 6.19. The number of amides is 1. The molecule has 1 saturated heterocycles. The highest BCUT2D eigenvalue weighted by atomic mass is 32.2. The Morgan fingerprint density at radius 2 is 1.74 bits per heavy atom. The lowest BCUT2D eigenvalue weighted by Gasteiger charge is -2.22. The number of nitrogens with zero attached hydrogens (tertiary/aromatic N) is 5. The molecular formula is C28H19N5O3S2. The van der Waals surface area contributed by atoms with Gasteiger partial charge in [-0.2, -0.15) is 0 Å². The highest BCUT2D eigenvalue weighted by Crippen LogP contribution is 2.44. The highest BCUT2D eigenvalue weighted by molar-refractivity contribution is 8.00. The Kier molecular flexibility index (Phi) is 6.40. The minimum atomic E-state index is -0.902. The first-order chi connectivity index (χ1) is 18.6. The molecule has 38 heavy (non-hydrogen) atoms. The molecule has 1 atom stereocenters. The fourth-order valence-corrected chi connectivity index (χ4v) is 6.34. The van der Waals surface area contributed by atoms with Gasteiger partial charge in [-0.05, 0) is 40.1 Å². The number of benzene rings is 2. The van der Waals surface area contributed by atoms with Crippen LogP contribution in [0.4, 0.5) is 5.13 Å². The number of hydrogen-bond donors (Lipinski definition) is 1. The zero-order chi connectivity index (χ0) is 26.1. The van der Waals surface area contributed by atoms with Crippen molar-refractivity contribution in [2.24, 2.45) is 0 Å². The number of aromatic nitrogens is 4. The van der Waals surface area contributed by atoms with Gasteiger partial charge in [-0.15, -0.1) is 10.2 Å². The summed E-state index contributed by atoms with van der Waals surface area (Å²) in [5.41, 5.74) is 2.09. The van der Waals surface area contributed by atoms with E-state index in [9.17, 15) is 14.7 Å². The van der Waals surface area contributed by atoms with E-state index in [0.29, 0.717) is 21.2 Å². The second kappa shape index (κ2) is 10.2. The first-order valence-corrected chi connectivity index (χ1v) is 13.5. The van der Waals surface area contributed by atoms with Gasteiger partial charge in [0.25, 0.3) is 5.78 Å². The number of aliphatic hydroxyl groups is 1. The predicted octanol–water partition coefficient (Wildman–Crippen LogP) is 5.40. The Hall–Kier alpha value is -4.41. The number of ketones is 1. The van der Waals surface area contributed by atoms with E-state index in [1.165, 1.54) is 45.8 Å². The molecule has 8 nitrogen and oxygen atoms in total. The van der Waals surface area contributed by atoms with Gasteiger partial charge in [-0.1, -0.05) is 71.6 Å². The maximum Gasteiger partial charge on any atom is 0.301 e. The van der Waals surface area contributed by atoms with E-state index in [4.69, 9.17) is 0 Å². The summed E-state index contributed by atoms with van der Waals surface area (Å²) in [4.78, 5) is 36.0. The first-order valence-electron chi connectivity index (χ1n) is 11.7. The SMILES string of the molecule is O=C1C(=O)N(c2nnc(SCc3cccc4ccccc34)s2)C(c2cccnc2)C1=C(O)c1ccncc1. The second-order valence-corrected chi connectivity index (χ2v) is 10.6. The summed E-state index contributed by atoms with van der Waals surface area (Å²) in [5, 5.41) is 22.3. The number of hydrogen-bond acceptors (Lipinski definition) is 9. The molecule has 0 bridgehead atoms. The summed E-state index contributed by atoms with van der Waals surface area (Å²) >= 11 is 2.74. The van der Waals surface area contributed by atoms with E-state index >= 15 is 0 Å². The normalized spacial score (nSPS) is 16.8. The molecule has 1 aliphatic rings. The monoisotopic (exact) mass is 537 g/mol. The molecule has 1 fully saturated rings. The summed E-state index contributed by atoms with van der Waals surface area (Å²) in [6, 6.07) is 20.1. The van der Waals surface area contributed by atoms with Crippen LogP contribution in [0.2, 0.25) is 0 Å². The fourth-order valence-electron chi connectivity index (χ4n) is 4.46. The molecule has 10 heteroatoms. The Labute approximate surface area is 225 Å². The van der Waals surface area contributed by atoms with Gasteiger partial charge in [0, 0.05) is 36.1 Å². The Bertz CT molecular complexity index is 1680. The van der Waals surface area contributed by atoms with Crippen LogP contribution in [0.3, 0.4) is 0 Å². The lowest BCUT2D eigenvalue weighted by molar-refractivity contribution is -0.132. The molecule has 3 aromatic heterocycles. The minimum Gasteiger partial charge on any atom is -0.507 e. The van der Waals surface area contributed by atoms with E-state index in [1.807, 2.05) is 18.2 Å². The number of fused-ring (bicyclic) bond motifs is 1. The van der Waals surface area contributed by atoms with Gasteiger partial charge in [0.1, 0.15) is 5.76 Å². The molecule has 1 amide bonds. The van der Waals surface area contributed by atoms with E-state index in [0.717, 1.165) is 10.9 Å². The molecule has 6 rings (SSSR count). The highest BCUT2D eigenvalue weighted by Gasteiger charge is 2.48. The zero-order valence-corrected chi connectivity index (χ0v) is 21.4. The lowest BCUT2D eigenvalue weighted by Crippen LogP contribution is -2.29. The number of pyridine rings is 2. The summed E-state index contributed by atoms with van der Waals surface area (Å²) < 4.78 is 0.661. The topological polar surface area (TPSA) is 109 Å². The number of carbonyl (C=O) groups excluding carboxylic acids is 2. The maximum atomic E-state index is 13.3. The maximum absolute atomic E-state index is 13.3. The van der Waals surface area contributed by atoms with Crippen LogP contribution in [-0.4, -0.2) is 37.0 Å². The van der Waals surface area contributed by atoms with Gasteiger partial charge >= 0.3 is 5.91 Å². The third-order valence-electron chi connectivity index (χ3n) is 6.23. The molecule has 0 spiro atoms. The smallest absolute Gasteiger partial charge is 0.301 e. The van der Waals surface area contributed by atoms with Crippen LogP contribution in [0, 0.1) is 0 Å². The molecule has 0 aliphatic carbocycles. The zero-order valence-electron chi connectivity index (χ0n) is 19.8. The van der Waals surface area contributed by atoms with Crippen LogP contribution in [0.25, 0.3) is 16.5 Å². The van der Waals surface area contributed by atoms with Crippen molar-refractivity contribution in [2.45, 2.75) is 16.1 Å². The van der Waals surface area contributed by atoms with Crippen molar-refractivity contribution in [3.05, 3.63) is 114 Å². The molecule has 0 radical (unpaired) electrons. The van der Waals surface area contributed by atoms with Crippen LogP contribution in [0.1, 0.15) is 22.7 Å². The number of rotatable bonds is 6. The molecule has 2 aromatic carbocycles. The molecule has 5 aromatic rings. The van der Waals surface area contributed by atoms with Crippen LogP contribution < -0.4 is 4.90 Å². The standard InChI is InChI=1S/C28H19N5O3S2/c34-24(18-10-13-29-14-11-18)22-23(19-8-4-12-30-15-19)33(26(36)25(22)35)27-31-32-28(38-27)37-16-20-7-3-6-17-5-1-2-9-21(17)20/h1-15,23,34H,16H2. The van der Waals surface area contributed by atoms with Crippen LogP contribution in [0.15, 0.2) is 101 Å². The third-order valence-corrected chi connectivity index (χ3v) is 8.34. The molecule has 1 aliphatic heterocycles. The number of carbonyl (C=O) groups is 2. The van der Waals surface area contributed by atoms with Crippen molar-refractivity contribution in [2.75, 3.05) is 4.90 Å².